The lowest BCUT2D eigenvalue weighted by atomic mass is 9.92. The van der Waals surface area contributed by atoms with Gasteiger partial charge < -0.3 is 5.11 Å². The van der Waals surface area contributed by atoms with Crippen LogP contribution in [0.2, 0.25) is 0 Å². The maximum atomic E-state index is 10.3. The van der Waals surface area contributed by atoms with Gasteiger partial charge in [-0.2, -0.15) is 0 Å². The van der Waals surface area contributed by atoms with Crippen molar-refractivity contribution in [2.24, 2.45) is 5.92 Å². The van der Waals surface area contributed by atoms with Gasteiger partial charge >= 0.3 is 0 Å². The van der Waals surface area contributed by atoms with Crippen molar-refractivity contribution >= 4 is 0 Å². The Balaban J connectivity index is 2.14. The van der Waals surface area contributed by atoms with Gasteiger partial charge in [-0.1, -0.05) is 38.5 Å². The van der Waals surface area contributed by atoms with Crippen LogP contribution in [0.15, 0.2) is 18.2 Å². The zero-order chi connectivity index (χ0) is 11.5. The molecule has 1 N–H and O–H groups in total. The van der Waals surface area contributed by atoms with Crippen LogP contribution in [0.4, 0.5) is 0 Å². The molecule has 1 aliphatic rings. The quantitative estimate of drug-likeness (QED) is 0.818. The van der Waals surface area contributed by atoms with Gasteiger partial charge in [-0.15, -0.1) is 0 Å². The first-order valence-electron chi connectivity index (χ1n) is 6.52. The maximum absolute atomic E-state index is 10.3. The third kappa shape index (κ3) is 2.30. The molecule has 0 fully saturated rings. The summed E-state index contributed by atoms with van der Waals surface area (Å²) in [5, 5.41) is 10.3. The minimum Gasteiger partial charge on any atom is -0.388 e. The van der Waals surface area contributed by atoms with E-state index >= 15 is 0 Å². The van der Waals surface area contributed by atoms with Crippen LogP contribution in [-0.4, -0.2) is 5.11 Å². The van der Waals surface area contributed by atoms with Gasteiger partial charge in [0.2, 0.25) is 0 Å². The molecule has 0 aliphatic heterocycles. The summed E-state index contributed by atoms with van der Waals surface area (Å²) in [5.41, 5.74) is 4.06. The highest BCUT2D eigenvalue weighted by atomic mass is 16.3. The normalized spacial score (nSPS) is 18.2. The van der Waals surface area contributed by atoms with E-state index < -0.39 is 0 Å². The Bertz CT molecular complexity index is 356. The van der Waals surface area contributed by atoms with Gasteiger partial charge in [0.1, 0.15) is 0 Å². The molecule has 1 aromatic carbocycles. The lowest BCUT2D eigenvalue weighted by Gasteiger charge is -2.19. The fourth-order valence-corrected chi connectivity index (χ4v) is 2.72. The molecule has 2 unspecified atom stereocenters. The Morgan fingerprint density at radius 3 is 2.75 bits per heavy atom. The summed E-state index contributed by atoms with van der Waals surface area (Å²) < 4.78 is 0. The second-order valence-electron chi connectivity index (χ2n) is 5.09. The third-order valence-corrected chi connectivity index (χ3v) is 3.75. The fourth-order valence-electron chi connectivity index (χ4n) is 2.72. The molecule has 16 heavy (non-hydrogen) atoms. The van der Waals surface area contributed by atoms with E-state index in [1.54, 1.807) is 0 Å². The highest BCUT2D eigenvalue weighted by molar-refractivity contribution is 5.36. The molecule has 1 aromatic rings. The Morgan fingerprint density at radius 1 is 1.25 bits per heavy atom. The number of rotatable bonds is 4. The second kappa shape index (κ2) is 5.01. The van der Waals surface area contributed by atoms with Crippen LogP contribution in [0.25, 0.3) is 0 Å². The summed E-state index contributed by atoms with van der Waals surface area (Å²) in [6.45, 7) is 4.31. The van der Waals surface area contributed by atoms with Crippen LogP contribution in [0.3, 0.4) is 0 Å². The Hall–Kier alpha value is -0.820. The van der Waals surface area contributed by atoms with Gasteiger partial charge in [0.05, 0.1) is 6.10 Å². The molecule has 0 aromatic heterocycles. The number of benzene rings is 1. The Kier molecular flexibility index (Phi) is 3.65. The van der Waals surface area contributed by atoms with Crippen LogP contribution < -0.4 is 0 Å². The van der Waals surface area contributed by atoms with Crippen LogP contribution in [0.1, 0.15) is 55.9 Å². The predicted octanol–water partition coefficient (Wildman–Crippen LogP) is 3.64. The highest BCUT2D eigenvalue weighted by Gasteiger charge is 2.18. The Morgan fingerprint density at radius 2 is 2.00 bits per heavy atom. The minimum absolute atomic E-state index is 0.286. The number of fused-ring (bicyclic) bond motifs is 1. The fraction of sp³-hybridized carbons (Fsp3) is 0.600. The summed E-state index contributed by atoms with van der Waals surface area (Å²) in [4.78, 5) is 0. The van der Waals surface area contributed by atoms with Crippen LogP contribution in [-0.2, 0) is 12.8 Å². The third-order valence-electron chi connectivity index (χ3n) is 3.75. The van der Waals surface area contributed by atoms with Crippen molar-refractivity contribution in [1.82, 2.24) is 0 Å². The number of hydrogen-bond donors (Lipinski definition) is 1. The summed E-state index contributed by atoms with van der Waals surface area (Å²) in [7, 11) is 0. The van der Waals surface area contributed by atoms with Crippen molar-refractivity contribution < 1.29 is 5.11 Å². The number of aliphatic hydroxyl groups is 1. The van der Waals surface area contributed by atoms with E-state index in [4.69, 9.17) is 0 Å². The first kappa shape index (κ1) is 11.7. The van der Waals surface area contributed by atoms with E-state index in [9.17, 15) is 5.11 Å². The van der Waals surface area contributed by atoms with E-state index in [-0.39, 0.29) is 6.10 Å². The second-order valence-corrected chi connectivity index (χ2v) is 5.09. The van der Waals surface area contributed by atoms with Crippen molar-refractivity contribution in [3.63, 3.8) is 0 Å². The SMILES string of the molecule is CCCC(C)C(O)c1ccc2c(c1)CCC2. The Labute approximate surface area is 98.5 Å². The van der Waals surface area contributed by atoms with Crippen molar-refractivity contribution in [2.45, 2.75) is 52.1 Å². The lowest BCUT2D eigenvalue weighted by Crippen LogP contribution is -2.09. The van der Waals surface area contributed by atoms with Gasteiger partial charge in [-0.3, -0.25) is 0 Å². The van der Waals surface area contributed by atoms with Gasteiger partial charge in [0, 0.05) is 0 Å². The standard InChI is InChI=1S/C15H22O/c1-3-5-11(2)15(16)14-9-8-12-6-4-7-13(12)10-14/h8-11,15-16H,3-7H2,1-2H3. The lowest BCUT2D eigenvalue weighted by molar-refractivity contribution is 0.112. The van der Waals surface area contributed by atoms with Crippen molar-refractivity contribution in [3.05, 3.63) is 34.9 Å². The first-order valence-corrected chi connectivity index (χ1v) is 6.52. The van der Waals surface area contributed by atoms with Gasteiger partial charge in [0.25, 0.3) is 0 Å². The van der Waals surface area contributed by atoms with Gasteiger partial charge in [-0.05, 0) is 48.3 Å². The number of aryl methyl sites for hydroxylation is 2. The van der Waals surface area contributed by atoms with Crippen molar-refractivity contribution in [1.29, 1.82) is 0 Å². The molecule has 0 radical (unpaired) electrons. The summed E-state index contributed by atoms with van der Waals surface area (Å²) in [5.74, 6) is 0.365. The maximum Gasteiger partial charge on any atom is 0.0815 e. The van der Waals surface area contributed by atoms with E-state index in [0.29, 0.717) is 5.92 Å². The highest BCUT2D eigenvalue weighted by Crippen LogP contribution is 2.29. The van der Waals surface area contributed by atoms with Crippen LogP contribution in [0.5, 0.6) is 0 Å². The average Bonchev–Trinajstić information content (AvgIpc) is 2.75. The molecule has 0 spiro atoms. The molecule has 1 heteroatoms. The number of aliphatic hydroxyl groups excluding tert-OH is 1. The molecule has 0 saturated heterocycles. The molecule has 0 heterocycles. The molecular weight excluding hydrogens is 196 g/mol. The molecular formula is C15H22O. The molecule has 2 atom stereocenters. The van der Waals surface area contributed by atoms with E-state index in [2.05, 4.69) is 32.0 Å². The minimum atomic E-state index is -0.286. The predicted molar refractivity (Wildman–Crippen MR) is 67.5 cm³/mol. The molecule has 0 amide bonds. The zero-order valence-electron chi connectivity index (χ0n) is 10.4. The van der Waals surface area contributed by atoms with Gasteiger partial charge in [-0.25, -0.2) is 0 Å². The van der Waals surface area contributed by atoms with Crippen LogP contribution in [0, 0.1) is 5.92 Å². The molecule has 1 aliphatic carbocycles. The molecule has 0 saturated carbocycles. The average molecular weight is 218 g/mol. The molecule has 88 valence electrons. The largest absolute Gasteiger partial charge is 0.388 e. The topological polar surface area (TPSA) is 20.2 Å². The van der Waals surface area contributed by atoms with E-state index in [1.807, 2.05) is 0 Å². The summed E-state index contributed by atoms with van der Waals surface area (Å²) in [6, 6.07) is 6.54. The van der Waals surface area contributed by atoms with E-state index in [1.165, 1.54) is 30.4 Å². The van der Waals surface area contributed by atoms with Crippen molar-refractivity contribution in [2.75, 3.05) is 0 Å². The monoisotopic (exact) mass is 218 g/mol. The van der Waals surface area contributed by atoms with Crippen molar-refractivity contribution in [3.8, 4) is 0 Å². The van der Waals surface area contributed by atoms with E-state index in [0.717, 1.165) is 18.4 Å². The van der Waals surface area contributed by atoms with Gasteiger partial charge in [0.15, 0.2) is 0 Å². The smallest absolute Gasteiger partial charge is 0.0815 e. The molecule has 0 bridgehead atoms. The summed E-state index contributed by atoms with van der Waals surface area (Å²) in [6.07, 6.45) is 5.64. The zero-order valence-corrected chi connectivity index (χ0v) is 10.4. The molecule has 2 rings (SSSR count). The van der Waals surface area contributed by atoms with Crippen LogP contribution >= 0.6 is 0 Å². The number of hydrogen-bond acceptors (Lipinski definition) is 1. The summed E-state index contributed by atoms with van der Waals surface area (Å²) >= 11 is 0. The molecule has 1 nitrogen and oxygen atoms in total. The first-order chi connectivity index (χ1) is 7.72.